The first-order valence-corrected chi connectivity index (χ1v) is 4.98. The molecule has 0 heterocycles. The zero-order valence-electron chi connectivity index (χ0n) is 9.09. The number of phenolic OH excluding ortho intramolecular Hbond substituents is 1. The van der Waals surface area contributed by atoms with E-state index in [1.54, 1.807) is 37.3 Å². The van der Waals surface area contributed by atoms with Crippen LogP contribution in [0.5, 0.6) is 5.75 Å². The molecular formula is C12H15NO3. The van der Waals surface area contributed by atoms with Gasteiger partial charge < -0.3 is 15.6 Å². The maximum Gasteiger partial charge on any atom is 0.328 e. The monoisotopic (exact) mass is 221 g/mol. The molecule has 4 nitrogen and oxygen atoms in total. The fourth-order valence-corrected chi connectivity index (χ4v) is 1.19. The number of nitrogens with two attached hydrogens (primary N) is 1. The Morgan fingerprint density at radius 3 is 2.69 bits per heavy atom. The number of esters is 1. The van der Waals surface area contributed by atoms with Crippen LogP contribution in [0.4, 0.5) is 0 Å². The lowest BCUT2D eigenvalue weighted by atomic mass is 10.1. The fraction of sp³-hybridized carbons (Fsp3) is 0.250. The zero-order chi connectivity index (χ0) is 12.0. The topological polar surface area (TPSA) is 72.5 Å². The first-order chi connectivity index (χ1) is 7.63. The molecule has 1 atom stereocenters. The highest BCUT2D eigenvalue weighted by molar-refractivity contribution is 5.76. The molecule has 1 unspecified atom stereocenters. The molecule has 0 aliphatic rings. The van der Waals surface area contributed by atoms with Crippen LogP contribution in [0.3, 0.4) is 0 Å². The number of ether oxygens (including phenoxy) is 1. The fourth-order valence-electron chi connectivity index (χ4n) is 1.19. The van der Waals surface area contributed by atoms with E-state index >= 15 is 0 Å². The van der Waals surface area contributed by atoms with Gasteiger partial charge >= 0.3 is 5.97 Å². The number of aromatic hydroxyl groups is 1. The van der Waals surface area contributed by atoms with Gasteiger partial charge in [0.05, 0.1) is 6.26 Å². The second-order valence-corrected chi connectivity index (χ2v) is 3.38. The van der Waals surface area contributed by atoms with E-state index in [0.717, 1.165) is 5.56 Å². The van der Waals surface area contributed by atoms with Crippen molar-refractivity contribution in [3.63, 3.8) is 0 Å². The van der Waals surface area contributed by atoms with Gasteiger partial charge in [-0.2, -0.15) is 0 Å². The normalized spacial score (nSPS) is 12.6. The Balaban J connectivity index is 2.53. The summed E-state index contributed by atoms with van der Waals surface area (Å²) in [6, 6.07) is 5.86. The maximum atomic E-state index is 11.3. The smallest absolute Gasteiger partial charge is 0.328 e. The summed E-state index contributed by atoms with van der Waals surface area (Å²) in [4.78, 5) is 11.3. The van der Waals surface area contributed by atoms with Gasteiger partial charge in [-0.05, 0) is 31.0 Å². The predicted octanol–water partition coefficient (Wildman–Crippen LogP) is 1.34. The lowest BCUT2D eigenvalue weighted by Gasteiger charge is -2.09. The van der Waals surface area contributed by atoms with Gasteiger partial charge in [0.15, 0.2) is 0 Å². The highest BCUT2D eigenvalue weighted by Gasteiger charge is 2.14. The van der Waals surface area contributed by atoms with E-state index in [1.165, 1.54) is 6.26 Å². The molecule has 1 aromatic carbocycles. The van der Waals surface area contributed by atoms with E-state index in [-0.39, 0.29) is 5.75 Å². The Morgan fingerprint density at radius 2 is 2.12 bits per heavy atom. The molecule has 0 fully saturated rings. The van der Waals surface area contributed by atoms with E-state index in [2.05, 4.69) is 0 Å². The number of hydrogen-bond acceptors (Lipinski definition) is 4. The Labute approximate surface area is 94.3 Å². The van der Waals surface area contributed by atoms with Gasteiger partial charge in [0.2, 0.25) is 0 Å². The molecule has 0 bridgehead atoms. The second kappa shape index (κ2) is 5.92. The molecule has 86 valence electrons. The summed E-state index contributed by atoms with van der Waals surface area (Å²) in [6.07, 6.45) is 3.31. The molecular weight excluding hydrogens is 206 g/mol. The molecule has 0 amide bonds. The third kappa shape index (κ3) is 3.74. The summed E-state index contributed by atoms with van der Waals surface area (Å²) >= 11 is 0. The largest absolute Gasteiger partial charge is 0.508 e. The van der Waals surface area contributed by atoms with Crippen molar-refractivity contribution >= 4 is 5.97 Å². The number of phenols is 1. The van der Waals surface area contributed by atoms with E-state index in [1.807, 2.05) is 0 Å². The highest BCUT2D eigenvalue weighted by Crippen LogP contribution is 2.11. The second-order valence-electron chi connectivity index (χ2n) is 3.38. The molecule has 0 aliphatic heterocycles. The van der Waals surface area contributed by atoms with E-state index in [9.17, 15) is 4.79 Å². The molecule has 4 heteroatoms. The van der Waals surface area contributed by atoms with Gasteiger partial charge in [0.1, 0.15) is 11.8 Å². The van der Waals surface area contributed by atoms with Crippen LogP contribution in [0.25, 0.3) is 0 Å². The Hall–Kier alpha value is -1.81. The van der Waals surface area contributed by atoms with Crippen LogP contribution in [0.1, 0.15) is 12.5 Å². The SMILES string of the molecule is CC=COC(=O)C(N)Cc1ccc(O)cc1. The third-order valence-corrected chi connectivity index (χ3v) is 2.01. The molecule has 1 rings (SSSR count). The van der Waals surface area contributed by atoms with Gasteiger partial charge in [0.25, 0.3) is 0 Å². The molecule has 0 spiro atoms. The molecule has 0 radical (unpaired) electrons. The number of benzene rings is 1. The van der Waals surface area contributed by atoms with Crippen molar-refractivity contribution in [1.29, 1.82) is 0 Å². The Kier molecular flexibility index (Phi) is 4.54. The minimum atomic E-state index is -0.694. The minimum Gasteiger partial charge on any atom is -0.508 e. The van der Waals surface area contributed by atoms with Crippen LogP contribution < -0.4 is 5.73 Å². The molecule has 0 saturated heterocycles. The molecule has 16 heavy (non-hydrogen) atoms. The maximum absolute atomic E-state index is 11.3. The summed E-state index contributed by atoms with van der Waals surface area (Å²) in [5.41, 5.74) is 6.53. The van der Waals surface area contributed by atoms with Gasteiger partial charge in [-0.25, -0.2) is 4.79 Å². The number of carbonyl (C=O) groups is 1. The average Bonchev–Trinajstić information content (AvgIpc) is 2.29. The first kappa shape index (κ1) is 12.3. The van der Waals surface area contributed by atoms with E-state index < -0.39 is 12.0 Å². The standard InChI is InChI=1S/C12H15NO3/c1-2-7-16-12(15)11(13)8-9-3-5-10(14)6-4-9/h2-7,11,14H,8,13H2,1H3. The van der Waals surface area contributed by atoms with Crippen molar-refractivity contribution in [2.75, 3.05) is 0 Å². The van der Waals surface area contributed by atoms with Crippen molar-refractivity contribution in [3.8, 4) is 5.75 Å². The van der Waals surface area contributed by atoms with Crippen LogP contribution in [0.15, 0.2) is 36.6 Å². The van der Waals surface area contributed by atoms with Crippen molar-refractivity contribution in [1.82, 2.24) is 0 Å². The molecule has 0 aliphatic carbocycles. The first-order valence-electron chi connectivity index (χ1n) is 4.98. The Morgan fingerprint density at radius 1 is 1.50 bits per heavy atom. The van der Waals surface area contributed by atoms with Crippen molar-refractivity contribution in [3.05, 3.63) is 42.2 Å². The number of carbonyl (C=O) groups excluding carboxylic acids is 1. The quantitative estimate of drug-likeness (QED) is 0.594. The number of rotatable bonds is 4. The van der Waals surface area contributed by atoms with Gasteiger partial charge in [-0.15, -0.1) is 0 Å². The van der Waals surface area contributed by atoms with E-state index in [0.29, 0.717) is 6.42 Å². The third-order valence-electron chi connectivity index (χ3n) is 2.01. The van der Waals surface area contributed by atoms with Crippen LogP contribution in [-0.2, 0) is 16.0 Å². The highest BCUT2D eigenvalue weighted by atomic mass is 16.5. The molecule has 3 N–H and O–H groups in total. The van der Waals surface area contributed by atoms with Crippen molar-refractivity contribution < 1.29 is 14.6 Å². The van der Waals surface area contributed by atoms with Crippen LogP contribution >= 0.6 is 0 Å². The summed E-state index contributed by atoms with van der Waals surface area (Å²) < 4.78 is 4.76. The van der Waals surface area contributed by atoms with Crippen LogP contribution in [0.2, 0.25) is 0 Å². The lowest BCUT2D eigenvalue weighted by molar-refractivity contribution is -0.139. The number of hydrogen-bond donors (Lipinski definition) is 2. The zero-order valence-corrected chi connectivity index (χ0v) is 9.09. The lowest BCUT2D eigenvalue weighted by Crippen LogP contribution is -2.33. The van der Waals surface area contributed by atoms with Crippen molar-refractivity contribution in [2.45, 2.75) is 19.4 Å². The van der Waals surface area contributed by atoms with Gasteiger partial charge in [-0.3, -0.25) is 0 Å². The predicted molar refractivity (Wildman–Crippen MR) is 60.7 cm³/mol. The summed E-state index contributed by atoms with van der Waals surface area (Å²) in [6.45, 7) is 1.75. The summed E-state index contributed by atoms with van der Waals surface area (Å²) in [5, 5.41) is 9.08. The Bertz CT molecular complexity index is 370. The average molecular weight is 221 g/mol. The van der Waals surface area contributed by atoms with Crippen LogP contribution in [0, 0.1) is 0 Å². The number of allylic oxidation sites excluding steroid dienone is 1. The summed E-state index contributed by atoms with van der Waals surface area (Å²) in [5.74, 6) is -0.278. The van der Waals surface area contributed by atoms with E-state index in [4.69, 9.17) is 15.6 Å². The molecule has 1 aromatic rings. The van der Waals surface area contributed by atoms with Gasteiger partial charge in [0, 0.05) is 0 Å². The van der Waals surface area contributed by atoms with Crippen LogP contribution in [-0.4, -0.2) is 17.1 Å². The van der Waals surface area contributed by atoms with Gasteiger partial charge in [-0.1, -0.05) is 18.2 Å². The minimum absolute atomic E-state index is 0.189. The molecule has 0 saturated carbocycles. The van der Waals surface area contributed by atoms with Crippen molar-refractivity contribution in [2.24, 2.45) is 5.73 Å². The molecule has 0 aromatic heterocycles. The summed E-state index contributed by atoms with van der Waals surface area (Å²) in [7, 11) is 0.